The van der Waals surface area contributed by atoms with Gasteiger partial charge in [-0.3, -0.25) is 0 Å². The smallest absolute Gasteiger partial charge is 0.227 e. The molecular formula is C120H112N6O4+4. The summed E-state index contributed by atoms with van der Waals surface area (Å²) in [7, 11) is 8.46. The molecule has 20 aromatic rings. The van der Waals surface area contributed by atoms with Gasteiger partial charge in [0.15, 0.2) is 36.0 Å². The topological polar surface area (TPSA) is 93.9 Å². The molecule has 10 heteroatoms. The van der Waals surface area contributed by atoms with Gasteiger partial charge >= 0.3 is 0 Å². The molecular weight excluding hydrogens is 1590 g/mol. The first kappa shape index (κ1) is 82.0. The Morgan fingerprint density at radius 3 is 1.22 bits per heavy atom. The summed E-state index contributed by atoms with van der Waals surface area (Å²) in [5, 5.41) is 9.32. The van der Waals surface area contributed by atoms with E-state index in [4.69, 9.17) is 27.6 Å². The lowest BCUT2D eigenvalue weighted by molar-refractivity contribution is -0.660. The average molecular weight is 1700 g/mol. The van der Waals surface area contributed by atoms with Gasteiger partial charge in [-0.05, 0) is 208 Å². The molecule has 0 bridgehead atoms. The average Bonchev–Trinajstić information content (AvgIpc) is 1.27. The van der Waals surface area contributed by atoms with Crippen LogP contribution in [0.5, 0.6) is 0 Å². The largest absolute Gasteiger partial charge is 0.454 e. The molecule has 5 aliphatic carbocycles. The summed E-state index contributed by atoms with van der Waals surface area (Å²) in [6.45, 7) is 35.5. The van der Waals surface area contributed by atoms with Crippen molar-refractivity contribution in [2.45, 2.75) is 171 Å². The minimum absolute atomic E-state index is 0.0294. The van der Waals surface area contributed by atoms with E-state index in [0.717, 1.165) is 102 Å². The van der Waals surface area contributed by atoms with E-state index in [0.29, 0.717) is 0 Å². The highest BCUT2D eigenvalue weighted by atomic mass is 16.3. The molecule has 1 spiro atoms. The zero-order valence-corrected chi connectivity index (χ0v) is 78.7. The first-order chi connectivity index (χ1) is 62.6. The number of fused-ring (bicyclic) bond motifs is 29. The lowest BCUT2D eigenvalue weighted by atomic mass is 9.74. The summed E-state index contributed by atoms with van der Waals surface area (Å²) in [6, 6.07) is 78.0. The zero-order valence-electron chi connectivity index (χ0n) is 78.7. The van der Waals surface area contributed by atoms with Gasteiger partial charge in [0, 0.05) is 134 Å². The number of nitrogens with zero attached hydrogens (tertiary/aromatic N) is 6. The monoisotopic (exact) mass is 1700 g/mol. The van der Waals surface area contributed by atoms with Crippen molar-refractivity contribution >= 4 is 88.0 Å². The van der Waals surface area contributed by atoms with Gasteiger partial charge in [-0.2, -0.15) is 0 Å². The van der Waals surface area contributed by atoms with E-state index in [2.05, 4.69) is 394 Å². The van der Waals surface area contributed by atoms with E-state index in [9.17, 15) is 0 Å². The summed E-state index contributed by atoms with van der Waals surface area (Å²) in [4.78, 5) is 10.1. The summed E-state index contributed by atoms with van der Waals surface area (Å²) in [6.07, 6.45) is 17.8. The van der Waals surface area contributed by atoms with Crippen LogP contribution in [0.25, 0.3) is 178 Å². The van der Waals surface area contributed by atoms with E-state index in [1.807, 2.05) is 6.20 Å². The van der Waals surface area contributed by atoms with Gasteiger partial charge in [-0.1, -0.05) is 224 Å². The molecule has 0 atom stereocenters. The molecule has 25 rings (SSSR count). The van der Waals surface area contributed by atoms with Crippen LogP contribution in [0.4, 0.5) is 0 Å². The summed E-state index contributed by atoms with van der Waals surface area (Å²) >= 11 is 0. The van der Waals surface area contributed by atoms with Gasteiger partial charge in [0.1, 0.15) is 50.5 Å². The molecule has 642 valence electrons. The fourth-order valence-corrected chi connectivity index (χ4v) is 24.0. The number of pyridine rings is 6. The molecule has 1 saturated carbocycles. The minimum atomic E-state index is -0.108. The molecule has 5 aliphatic rings. The molecule has 10 nitrogen and oxygen atoms in total. The van der Waals surface area contributed by atoms with Crippen LogP contribution in [0, 0.1) is 69.2 Å². The highest BCUT2D eigenvalue weighted by Crippen LogP contribution is 2.61. The van der Waals surface area contributed by atoms with Crippen molar-refractivity contribution in [3.8, 4) is 89.5 Å². The van der Waals surface area contributed by atoms with Crippen molar-refractivity contribution < 1.29 is 35.9 Å². The number of rotatable bonds is 6. The highest BCUT2D eigenvalue weighted by Gasteiger charge is 2.48. The van der Waals surface area contributed by atoms with Gasteiger partial charge in [-0.15, -0.1) is 0 Å². The van der Waals surface area contributed by atoms with E-state index in [1.165, 1.54) is 215 Å². The Labute approximate surface area is 761 Å². The maximum absolute atomic E-state index is 6.91. The number of hydrogen-bond donors (Lipinski definition) is 0. The van der Waals surface area contributed by atoms with Crippen LogP contribution in [0.2, 0.25) is 0 Å². The minimum Gasteiger partial charge on any atom is -0.454 e. The summed E-state index contributed by atoms with van der Waals surface area (Å²) < 4.78 is 35.7. The Hall–Kier alpha value is -13.7. The van der Waals surface area contributed by atoms with Crippen LogP contribution in [0.1, 0.15) is 180 Å². The Morgan fingerprint density at radius 2 is 0.700 bits per heavy atom. The molecule has 10 heterocycles. The van der Waals surface area contributed by atoms with Crippen LogP contribution in [0.3, 0.4) is 0 Å². The van der Waals surface area contributed by atoms with Gasteiger partial charge in [0.2, 0.25) is 34.2 Å². The van der Waals surface area contributed by atoms with Crippen molar-refractivity contribution in [2.24, 2.45) is 28.2 Å². The third-order valence-corrected chi connectivity index (χ3v) is 31.0. The quantitative estimate of drug-likeness (QED) is 0.154. The fraction of sp³-hybridized carbons (Fsp3) is 0.250. The molecule has 1 fully saturated rings. The SMILES string of the molecule is CCC1(CC)c2ccccc2-c2c1ccc1c2oc2c(-c3cc(C)c(C)c[n+]3C)c(C)ccc21.Cc1cc(-c2c(C)ccc3c2oc2c4c(ccc23)C(C)(C)c2ccccc2-4)[n+](C)cc1C.Cc1ccc(-c2c(C)ccc3c2oc2nc4c(cc23)-c2ccccc2C42CCCC2)[n+](C)c1.Cc1ccc(-c2c(C)ccc3c2oc2ncc4c(c23)C(C)(C)c2ccccc2-4)[n+](C)c1. The first-order valence-electron chi connectivity index (χ1n) is 46.6. The number of benzene rings is 10. The lowest BCUT2D eigenvalue weighted by Gasteiger charge is -2.29. The summed E-state index contributed by atoms with van der Waals surface area (Å²) in [5.41, 5.74) is 50.5. The van der Waals surface area contributed by atoms with Crippen molar-refractivity contribution in [1.29, 1.82) is 0 Å². The molecule has 130 heavy (non-hydrogen) atoms. The van der Waals surface area contributed by atoms with Crippen LogP contribution in [-0.2, 0) is 49.9 Å². The van der Waals surface area contributed by atoms with Gasteiger partial charge in [-0.25, -0.2) is 28.2 Å². The van der Waals surface area contributed by atoms with E-state index >= 15 is 0 Å². The second-order valence-corrected chi connectivity index (χ2v) is 39.3. The predicted octanol–water partition coefficient (Wildman–Crippen LogP) is 28.7. The van der Waals surface area contributed by atoms with Crippen LogP contribution in [-0.4, -0.2) is 9.97 Å². The molecule has 0 aliphatic heterocycles. The third kappa shape index (κ3) is 12.0. The Bertz CT molecular complexity index is 8260. The third-order valence-electron chi connectivity index (χ3n) is 31.0. The maximum Gasteiger partial charge on any atom is 0.227 e. The van der Waals surface area contributed by atoms with Gasteiger partial charge < -0.3 is 17.7 Å². The van der Waals surface area contributed by atoms with E-state index in [1.54, 1.807) is 0 Å². The molecule has 10 aromatic heterocycles. The standard InChI is InChI=1S/C32H32NO.C30H27N2O.C30H28NO.C28H25N2O/c1-7-32(8-2)25-12-10-9-11-24(25)29-26(32)16-15-23-22-14-13-19(3)28(30(22)34-31(23)29)27-17-20(4)21(5)18-33(27)6;1-18-10-13-25(32(3)17-18)26-19(2)11-12-21-23-16-22-20-8-4-5-9-24(20)30(14-6-7-15-30)28(22)31-29(23)33-27(21)26;1-17-11-12-20-21-13-14-24-27(22-9-7-8-10-23(22)30(24,4)5)29(21)32-28(20)26(17)25-15-18(2)19(3)16-31(25)6;1-16-10-13-22(30(5)15-16)23-17(2)11-12-19-24-25-20(14-29-27(24)31-26(19)23)18-8-6-7-9-21(18)28(25,3)4/h9-18H,7-8H2,1-6H3;4-5,8-13,16-17H,6-7,14-15H2,1-3H3;7-16H,1-6H3;6-15H,1-5H3/q4*+1. The molecule has 0 saturated heterocycles. The number of aromatic nitrogens is 6. The van der Waals surface area contributed by atoms with Crippen molar-refractivity contribution in [2.75, 3.05) is 0 Å². The molecule has 0 unspecified atom stereocenters. The van der Waals surface area contributed by atoms with Crippen LogP contribution >= 0.6 is 0 Å². The van der Waals surface area contributed by atoms with Crippen molar-refractivity contribution in [1.82, 2.24) is 9.97 Å². The van der Waals surface area contributed by atoms with Crippen molar-refractivity contribution in [3.05, 3.63) is 344 Å². The lowest BCUT2D eigenvalue weighted by Crippen LogP contribution is -2.31. The molecule has 10 aromatic carbocycles. The first-order valence-corrected chi connectivity index (χ1v) is 46.6. The van der Waals surface area contributed by atoms with Gasteiger partial charge in [0.25, 0.3) is 0 Å². The molecule has 0 radical (unpaired) electrons. The number of hydrogen-bond acceptors (Lipinski definition) is 6. The highest BCUT2D eigenvalue weighted by molar-refractivity contribution is 6.18. The molecule has 0 amide bonds. The van der Waals surface area contributed by atoms with Crippen LogP contribution in [0.15, 0.2) is 261 Å². The Balaban J connectivity index is 0.000000102. The summed E-state index contributed by atoms with van der Waals surface area (Å²) in [5.74, 6) is 0. The normalized spacial score (nSPS) is 14.6. The number of aryl methyl sites for hydroxylation is 14. The second-order valence-electron chi connectivity index (χ2n) is 39.3. The molecule has 0 N–H and O–H groups in total. The van der Waals surface area contributed by atoms with E-state index in [-0.39, 0.29) is 21.7 Å². The number of furan rings is 4. The van der Waals surface area contributed by atoms with E-state index < -0.39 is 0 Å². The predicted molar refractivity (Wildman–Crippen MR) is 531 cm³/mol. The van der Waals surface area contributed by atoms with Gasteiger partial charge in [0.05, 0.1) is 33.3 Å². The van der Waals surface area contributed by atoms with Crippen LogP contribution < -0.4 is 18.3 Å². The second kappa shape index (κ2) is 29.9. The van der Waals surface area contributed by atoms with Crippen molar-refractivity contribution in [3.63, 3.8) is 0 Å². The fourth-order valence-electron chi connectivity index (χ4n) is 24.0. The zero-order chi connectivity index (χ0) is 89.9. The Kier molecular flexibility index (Phi) is 18.9. The Morgan fingerprint density at radius 1 is 0.308 bits per heavy atom. The maximum atomic E-state index is 6.91.